The number of benzene rings is 3. The van der Waals surface area contributed by atoms with Crippen molar-refractivity contribution in [3.05, 3.63) is 72.3 Å². The number of nitrogens with one attached hydrogen (secondary N) is 2. The molecule has 2 heterocycles. The monoisotopic (exact) mass is 489 g/mol. The summed E-state index contributed by atoms with van der Waals surface area (Å²) in [5.41, 5.74) is 4.45. The molecule has 0 atom stereocenters. The molecule has 0 saturated carbocycles. The van der Waals surface area contributed by atoms with Crippen LogP contribution in [0.5, 0.6) is 0 Å². The lowest BCUT2D eigenvalue weighted by Crippen LogP contribution is -2.25. The van der Waals surface area contributed by atoms with Gasteiger partial charge in [0, 0.05) is 44.1 Å². The van der Waals surface area contributed by atoms with Crippen LogP contribution < -0.4 is 10.2 Å². The summed E-state index contributed by atoms with van der Waals surface area (Å²) in [6, 6.07) is 20.0. The quantitative estimate of drug-likeness (QED) is 0.420. The maximum Gasteiger partial charge on any atom is 0.257 e. The van der Waals surface area contributed by atoms with Crippen LogP contribution in [0.4, 0.5) is 11.4 Å². The van der Waals surface area contributed by atoms with Crippen molar-refractivity contribution in [1.29, 1.82) is 0 Å². The van der Waals surface area contributed by atoms with Crippen LogP contribution in [0, 0.1) is 0 Å². The molecule has 5 rings (SSSR count). The summed E-state index contributed by atoms with van der Waals surface area (Å²) in [6.45, 7) is 1.68. The van der Waals surface area contributed by atoms with E-state index in [-0.39, 0.29) is 10.8 Å². The maximum atomic E-state index is 13.3. The predicted octanol–water partition coefficient (Wildman–Crippen LogP) is 4.33. The second kappa shape index (κ2) is 9.16. The van der Waals surface area contributed by atoms with Gasteiger partial charge in [0.05, 0.1) is 21.5 Å². The van der Waals surface area contributed by atoms with E-state index in [0.29, 0.717) is 11.3 Å². The zero-order valence-corrected chi connectivity index (χ0v) is 20.5. The van der Waals surface area contributed by atoms with Crippen LogP contribution in [-0.2, 0) is 10.0 Å². The van der Waals surface area contributed by atoms with Crippen molar-refractivity contribution in [2.75, 3.05) is 37.4 Å². The van der Waals surface area contributed by atoms with Gasteiger partial charge < -0.3 is 15.2 Å². The number of aromatic amines is 1. The van der Waals surface area contributed by atoms with E-state index >= 15 is 0 Å². The zero-order chi connectivity index (χ0) is 24.6. The number of anilines is 2. The summed E-state index contributed by atoms with van der Waals surface area (Å²) in [6.07, 6.45) is 2.09. The molecule has 180 valence electrons. The normalized spacial score (nSPS) is 14.1. The highest BCUT2D eigenvalue weighted by molar-refractivity contribution is 7.89. The number of nitrogens with zero attached hydrogens (tertiary/aromatic N) is 3. The van der Waals surface area contributed by atoms with Crippen molar-refractivity contribution in [2.45, 2.75) is 17.7 Å². The second-order valence-electron chi connectivity index (χ2n) is 8.79. The molecule has 2 N–H and O–H groups in total. The molecule has 1 aliphatic rings. The molecule has 1 saturated heterocycles. The van der Waals surface area contributed by atoms with E-state index in [1.165, 1.54) is 20.2 Å². The molecule has 9 heteroatoms. The van der Waals surface area contributed by atoms with E-state index in [2.05, 4.69) is 20.2 Å². The molecule has 1 aliphatic heterocycles. The van der Waals surface area contributed by atoms with Crippen LogP contribution in [0.25, 0.3) is 22.4 Å². The minimum Gasteiger partial charge on any atom is -0.371 e. The lowest BCUT2D eigenvalue weighted by molar-refractivity contribution is 0.102. The zero-order valence-electron chi connectivity index (χ0n) is 19.7. The van der Waals surface area contributed by atoms with Gasteiger partial charge in [-0.05, 0) is 67.4 Å². The summed E-state index contributed by atoms with van der Waals surface area (Å²) in [5, 5.41) is 2.93. The average molecular weight is 490 g/mol. The van der Waals surface area contributed by atoms with Crippen LogP contribution in [0.15, 0.2) is 71.6 Å². The highest BCUT2D eigenvalue weighted by Crippen LogP contribution is 2.29. The first-order valence-corrected chi connectivity index (χ1v) is 12.9. The molecule has 3 aromatic carbocycles. The lowest BCUT2D eigenvalue weighted by Gasteiger charge is -2.22. The Balaban J connectivity index is 1.43. The van der Waals surface area contributed by atoms with Crippen LogP contribution in [-0.4, -0.2) is 55.8 Å². The van der Waals surface area contributed by atoms with Crippen molar-refractivity contribution in [3.8, 4) is 11.4 Å². The smallest absolute Gasteiger partial charge is 0.257 e. The van der Waals surface area contributed by atoms with E-state index in [1.54, 1.807) is 12.1 Å². The third-order valence-electron chi connectivity index (χ3n) is 6.24. The molecule has 0 radical (unpaired) electrons. The summed E-state index contributed by atoms with van der Waals surface area (Å²) in [4.78, 5) is 23.5. The molecular weight excluding hydrogens is 462 g/mol. The number of carbonyl (C=O) groups is 1. The number of hydrogen-bond donors (Lipinski definition) is 2. The molecule has 0 bridgehead atoms. The highest BCUT2D eigenvalue weighted by Gasteiger charge is 2.24. The molecule has 1 fully saturated rings. The lowest BCUT2D eigenvalue weighted by atomic mass is 10.1. The van der Waals surface area contributed by atoms with Gasteiger partial charge in [-0.3, -0.25) is 4.79 Å². The minimum absolute atomic E-state index is 0.0934. The van der Waals surface area contributed by atoms with E-state index < -0.39 is 10.0 Å². The SMILES string of the molecule is CN(C)S(=O)(=O)c1ccc(N2CCCC2)c(C(=O)Nc2ccc(-c3nc4ccccc4[nH]3)cc2)c1. The molecule has 4 aromatic rings. The number of amides is 1. The highest BCUT2D eigenvalue weighted by atomic mass is 32.2. The molecular formula is C26H27N5O3S. The van der Waals surface area contributed by atoms with Crippen LogP contribution >= 0.6 is 0 Å². The van der Waals surface area contributed by atoms with Crippen molar-refractivity contribution in [1.82, 2.24) is 14.3 Å². The van der Waals surface area contributed by atoms with E-state index in [9.17, 15) is 13.2 Å². The summed E-state index contributed by atoms with van der Waals surface area (Å²) in [5.74, 6) is 0.404. The number of aromatic nitrogens is 2. The molecule has 8 nitrogen and oxygen atoms in total. The number of fused-ring (bicyclic) bond motifs is 1. The first-order chi connectivity index (χ1) is 16.8. The number of carbonyl (C=O) groups excluding carboxylic acids is 1. The van der Waals surface area contributed by atoms with Crippen LogP contribution in [0.1, 0.15) is 23.2 Å². The number of para-hydroxylation sites is 2. The number of rotatable bonds is 6. The predicted molar refractivity (Wildman–Crippen MR) is 138 cm³/mol. The van der Waals surface area contributed by atoms with Gasteiger partial charge >= 0.3 is 0 Å². The largest absolute Gasteiger partial charge is 0.371 e. The van der Waals surface area contributed by atoms with Gasteiger partial charge in [-0.25, -0.2) is 17.7 Å². The Kier molecular flexibility index (Phi) is 6.04. The third-order valence-corrected chi connectivity index (χ3v) is 8.05. The molecule has 1 aromatic heterocycles. The third kappa shape index (κ3) is 4.52. The van der Waals surface area contributed by atoms with Crippen LogP contribution in [0.2, 0.25) is 0 Å². The topological polar surface area (TPSA) is 98.4 Å². The standard InChI is InChI=1S/C26H27N5O3S/c1-30(2)35(33,34)20-13-14-24(31-15-5-6-16-31)21(17-20)26(32)27-19-11-9-18(10-12-19)25-28-22-7-3-4-8-23(22)29-25/h3-4,7-14,17H,5-6,15-16H2,1-2H3,(H,27,32)(H,28,29). The van der Waals surface area contributed by atoms with Gasteiger partial charge in [-0.15, -0.1) is 0 Å². The fourth-order valence-electron chi connectivity index (χ4n) is 4.30. The number of hydrogen-bond acceptors (Lipinski definition) is 5. The van der Waals surface area contributed by atoms with E-state index in [4.69, 9.17) is 0 Å². The van der Waals surface area contributed by atoms with Gasteiger partial charge in [0.2, 0.25) is 10.0 Å². The first-order valence-electron chi connectivity index (χ1n) is 11.5. The Bertz CT molecular complexity index is 1450. The summed E-state index contributed by atoms with van der Waals surface area (Å²) < 4.78 is 26.6. The van der Waals surface area contributed by atoms with Gasteiger partial charge in [0.1, 0.15) is 5.82 Å². The van der Waals surface area contributed by atoms with Gasteiger partial charge in [0.15, 0.2) is 0 Å². The Labute approximate surface area is 204 Å². The van der Waals surface area contributed by atoms with E-state index in [0.717, 1.165) is 58.3 Å². The Morgan fingerprint density at radius 2 is 1.71 bits per heavy atom. The minimum atomic E-state index is -3.67. The van der Waals surface area contributed by atoms with Gasteiger partial charge in [-0.1, -0.05) is 12.1 Å². The Morgan fingerprint density at radius 1 is 1.00 bits per heavy atom. The molecule has 0 aliphatic carbocycles. The van der Waals surface area contributed by atoms with Crippen LogP contribution in [0.3, 0.4) is 0 Å². The number of H-pyrrole nitrogens is 1. The maximum absolute atomic E-state index is 13.3. The number of imidazole rings is 1. The van der Waals surface area contributed by atoms with E-state index in [1.807, 2.05) is 48.5 Å². The molecule has 1 amide bonds. The van der Waals surface area contributed by atoms with Crippen molar-refractivity contribution in [3.63, 3.8) is 0 Å². The first kappa shape index (κ1) is 23.1. The summed E-state index contributed by atoms with van der Waals surface area (Å²) >= 11 is 0. The Morgan fingerprint density at radius 3 is 2.40 bits per heavy atom. The fourth-order valence-corrected chi connectivity index (χ4v) is 5.23. The second-order valence-corrected chi connectivity index (χ2v) is 10.9. The molecule has 35 heavy (non-hydrogen) atoms. The Hall–Kier alpha value is -3.69. The van der Waals surface area contributed by atoms with Gasteiger partial charge in [-0.2, -0.15) is 0 Å². The fraction of sp³-hybridized carbons (Fsp3) is 0.231. The molecule has 0 unspecified atom stereocenters. The number of sulfonamides is 1. The van der Waals surface area contributed by atoms with Crippen molar-refractivity contribution in [2.24, 2.45) is 0 Å². The summed E-state index contributed by atoms with van der Waals surface area (Å²) in [7, 11) is -0.711. The van der Waals surface area contributed by atoms with Gasteiger partial charge in [0.25, 0.3) is 5.91 Å². The van der Waals surface area contributed by atoms with Crippen molar-refractivity contribution >= 4 is 38.3 Å². The molecule has 0 spiro atoms. The van der Waals surface area contributed by atoms with Crippen molar-refractivity contribution < 1.29 is 13.2 Å². The average Bonchev–Trinajstić information content (AvgIpc) is 3.54.